The van der Waals surface area contributed by atoms with Gasteiger partial charge in [-0.1, -0.05) is 24.3 Å². The lowest BCUT2D eigenvalue weighted by Gasteiger charge is -2.36. The highest BCUT2D eigenvalue weighted by atomic mass is 32.1. The zero-order chi connectivity index (χ0) is 22.0. The Labute approximate surface area is 188 Å². The SMILES string of the molecule is Cc1ccc(-c2csc(NC(=O)CN3CCN(c4cccc(C)c4C)CC3)n2)cc1C. The van der Waals surface area contributed by atoms with Crippen LogP contribution in [-0.2, 0) is 4.79 Å². The van der Waals surface area contributed by atoms with Gasteiger partial charge in [-0.2, -0.15) is 0 Å². The highest BCUT2D eigenvalue weighted by Crippen LogP contribution is 2.27. The fourth-order valence-electron chi connectivity index (χ4n) is 3.95. The van der Waals surface area contributed by atoms with Gasteiger partial charge in [0, 0.05) is 42.8 Å². The predicted molar refractivity (Wildman–Crippen MR) is 130 cm³/mol. The largest absolute Gasteiger partial charge is 0.369 e. The second kappa shape index (κ2) is 9.20. The van der Waals surface area contributed by atoms with E-state index < -0.39 is 0 Å². The standard InChI is InChI=1S/C25H30N4OS/c1-17-8-9-21(14-19(17)3)22-16-31-25(26-22)27-24(30)15-28-10-12-29(13-11-28)23-7-5-6-18(2)20(23)4/h5-9,14,16H,10-13,15H2,1-4H3,(H,26,27,30). The molecule has 0 saturated carbocycles. The smallest absolute Gasteiger partial charge is 0.240 e. The first-order chi connectivity index (χ1) is 14.9. The Morgan fingerprint density at radius 3 is 2.52 bits per heavy atom. The van der Waals surface area contributed by atoms with E-state index in [1.807, 2.05) is 5.38 Å². The number of amides is 1. The Kier molecular flexibility index (Phi) is 6.39. The van der Waals surface area contributed by atoms with Gasteiger partial charge in [-0.05, 0) is 62.1 Å². The summed E-state index contributed by atoms with van der Waals surface area (Å²) in [5, 5.41) is 5.64. The van der Waals surface area contributed by atoms with E-state index in [4.69, 9.17) is 0 Å². The summed E-state index contributed by atoms with van der Waals surface area (Å²) in [5.74, 6) is 0.00109. The van der Waals surface area contributed by atoms with Crippen LogP contribution < -0.4 is 10.2 Å². The maximum Gasteiger partial charge on any atom is 0.240 e. The number of piperazine rings is 1. The number of nitrogens with one attached hydrogen (secondary N) is 1. The molecule has 0 spiro atoms. The maximum atomic E-state index is 12.6. The van der Waals surface area contributed by atoms with Gasteiger partial charge in [0.1, 0.15) is 0 Å². The maximum absolute atomic E-state index is 12.6. The van der Waals surface area contributed by atoms with Gasteiger partial charge >= 0.3 is 0 Å². The number of aromatic nitrogens is 1. The summed E-state index contributed by atoms with van der Waals surface area (Å²) < 4.78 is 0. The number of rotatable bonds is 5. The van der Waals surface area contributed by atoms with E-state index in [2.05, 4.69) is 84.2 Å². The third kappa shape index (κ3) is 4.97. The molecule has 1 saturated heterocycles. The molecule has 3 aromatic rings. The van der Waals surface area contributed by atoms with Crippen LogP contribution in [0, 0.1) is 27.7 Å². The third-order valence-electron chi connectivity index (χ3n) is 6.21. The summed E-state index contributed by atoms with van der Waals surface area (Å²) in [7, 11) is 0. The molecule has 2 aromatic carbocycles. The first-order valence-corrected chi connectivity index (χ1v) is 11.6. The lowest BCUT2D eigenvalue weighted by Crippen LogP contribution is -2.48. The van der Waals surface area contributed by atoms with Crippen LogP contribution in [0.25, 0.3) is 11.3 Å². The van der Waals surface area contributed by atoms with Crippen LogP contribution in [0.4, 0.5) is 10.8 Å². The second-order valence-electron chi connectivity index (χ2n) is 8.37. The van der Waals surface area contributed by atoms with E-state index >= 15 is 0 Å². The van der Waals surface area contributed by atoms with E-state index in [0.29, 0.717) is 11.7 Å². The summed E-state index contributed by atoms with van der Waals surface area (Å²) in [5.41, 5.74) is 8.49. The fourth-order valence-corrected chi connectivity index (χ4v) is 4.69. The number of carbonyl (C=O) groups is 1. The summed E-state index contributed by atoms with van der Waals surface area (Å²) in [6.45, 7) is 12.6. The molecule has 1 N–H and O–H groups in total. The van der Waals surface area contributed by atoms with Crippen molar-refractivity contribution in [2.75, 3.05) is 42.9 Å². The van der Waals surface area contributed by atoms with Crippen LogP contribution in [0.1, 0.15) is 22.3 Å². The van der Waals surface area contributed by atoms with Crippen LogP contribution in [0.5, 0.6) is 0 Å². The number of nitrogens with zero attached hydrogens (tertiary/aromatic N) is 3. The Morgan fingerprint density at radius 1 is 1.00 bits per heavy atom. The minimum Gasteiger partial charge on any atom is -0.369 e. The predicted octanol–water partition coefficient (Wildman–Crippen LogP) is 4.80. The van der Waals surface area contributed by atoms with E-state index in [9.17, 15) is 4.79 Å². The molecule has 0 aliphatic carbocycles. The minimum absolute atomic E-state index is 0.00109. The van der Waals surface area contributed by atoms with Crippen molar-refractivity contribution in [2.45, 2.75) is 27.7 Å². The molecule has 0 bridgehead atoms. The summed E-state index contributed by atoms with van der Waals surface area (Å²) in [6.07, 6.45) is 0. The van der Waals surface area contributed by atoms with Crippen molar-refractivity contribution in [3.8, 4) is 11.3 Å². The van der Waals surface area contributed by atoms with Gasteiger partial charge in [0.25, 0.3) is 0 Å². The number of thiazole rings is 1. The molecule has 6 heteroatoms. The molecule has 1 aliphatic rings. The molecule has 2 heterocycles. The van der Waals surface area contributed by atoms with Gasteiger partial charge in [0.2, 0.25) is 5.91 Å². The number of benzene rings is 2. The van der Waals surface area contributed by atoms with Gasteiger partial charge in [-0.25, -0.2) is 4.98 Å². The van der Waals surface area contributed by atoms with Gasteiger partial charge in [-0.3, -0.25) is 9.69 Å². The van der Waals surface area contributed by atoms with Crippen LogP contribution >= 0.6 is 11.3 Å². The number of hydrogen-bond donors (Lipinski definition) is 1. The van der Waals surface area contributed by atoms with E-state index in [-0.39, 0.29) is 5.91 Å². The van der Waals surface area contributed by atoms with Gasteiger partial charge in [0.15, 0.2) is 5.13 Å². The Bertz CT molecular complexity index is 1080. The highest BCUT2D eigenvalue weighted by molar-refractivity contribution is 7.14. The molecule has 31 heavy (non-hydrogen) atoms. The summed E-state index contributed by atoms with van der Waals surface area (Å²) in [6, 6.07) is 12.8. The average molecular weight is 435 g/mol. The van der Waals surface area contributed by atoms with Crippen molar-refractivity contribution in [1.82, 2.24) is 9.88 Å². The van der Waals surface area contributed by atoms with E-state index in [1.165, 1.54) is 39.3 Å². The molecule has 5 nitrogen and oxygen atoms in total. The van der Waals surface area contributed by atoms with Crippen LogP contribution in [0.3, 0.4) is 0 Å². The normalized spacial score (nSPS) is 14.6. The molecule has 0 unspecified atom stereocenters. The van der Waals surface area contributed by atoms with Gasteiger partial charge in [-0.15, -0.1) is 11.3 Å². The number of aryl methyl sites for hydroxylation is 3. The minimum atomic E-state index is 0.00109. The first-order valence-electron chi connectivity index (χ1n) is 10.8. The summed E-state index contributed by atoms with van der Waals surface area (Å²) >= 11 is 1.48. The number of hydrogen-bond acceptors (Lipinski definition) is 5. The van der Waals surface area contributed by atoms with Crippen molar-refractivity contribution in [1.29, 1.82) is 0 Å². The van der Waals surface area contributed by atoms with Gasteiger partial charge < -0.3 is 10.2 Å². The first kappa shape index (κ1) is 21.5. The molecular weight excluding hydrogens is 404 g/mol. The molecule has 162 valence electrons. The van der Waals surface area contributed by atoms with Crippen LogP contribution in [0.2, 0.25) is 0 Å². The average Bonchev–Trinajstić information content (AvgIpc) is 3.21. The molecule has 0 radical (unpaired) electrons. The fraction of sp³-hybridized carbons (Fsp3) is 0.360. The highest BCUT2D eigenvalue weighted by Gasteiger charge is 2.21. The third-order valence-corrected chi connectivity index (χ3v) is 6.97. The van der Waals surface area contributed by atoms with Crippen molar-refractivity contribution in [2.24, 2.45) is 0 Å². The quantitative estimate of drug-likeness (QED) is 0.626. The van der Waals surface area contributed by atoms with Crippen LogP contribution in [-0.4, -0.2) is 48.5 Å². The molecule has 1 aromatic heterocycles. The summed E-state index contributed by atoms with van der Waals surface area (Å²) in [4.78, 5) is 21.8. The topological polar surface area (TPSA) is 48.5 Å². The van der Waals surface area contributed by atoms with E-state index in [1.54, 1.807) is 0 Å². The van der Waals surface area contributed by atoms with Crippen molar-refractivity contribution in [3.63, 3.8) is 0 Å². The lowest BCUT2D eigenvalue weighted by molar-refractivity contribution is -0.117. The van der Waals surface area contributed by atoms with Gasteiger partial charge in [0.05, 0.1) is 12.2 Å². The number of carbonyl (C=O) groups excluding carboxylic acids is 1. The zero-order valence-corrected chi connectivity index (χ0v) is 19.6. The number of anilines is 2. The van der Waals surface area contributed by atoms with E-state index in [0.717, 1.165) is 37.4 Å². The molecule has 4 rings (SSSR count). The zero-order valence-electron chi connectivity index (χ0n) is 18.7. The molecular formula is C25H30N4OS. The monoisotopic (exact) mass is 434 g/mol. The van der Waals surface area contributed by atoms with Crippen LogP contribution in [0.15, 0.2) is 41.8 Å². The molecule has 1 aliphatic heterocycles. The Hall–Kier alpha value is -2.70. The van der Waals surface area contributed by atoms with Crippen molar-refractivity contribution < 1.29 is 4.79 Å². The Morgan fingerprint density at radius 2 is 1.77 bits per heavy atom. The van der Waals surface area contributed by atoms with Crippen molar-refractivity contribution in [3.05, 3.63) is 64.0 Å². The Balaban J connectivity index is 1.30. The second-order valence-corrected chi connectivity index (χ2v) is 9.23. The van der Waals surface area contributed by atoms with Crippen molar-refractivity contribution >= 4 is 28.1 Å². The molecule has 0 atom stereocenters. The molecule has 1 amide bonds. The molecule has 1 fully saturated rings. The lowest BCUT2D eigenvalue weighted by atomic mass is 10.1.